The standard InChI is InChI=1S/C20H19N3O2S.CH4/c24-20(16-12-15(13-21-14-16)19-2-1-11-26-19)22-17-3-5-18(6-4-17)23-7-9-25-10-8-23;/h1-6,11-14H,7-10H2,(H,22,24);1H4. The molecule has 0 bridgehead atoms. The zero-order valence-corrected chi connectivity index (χ0v) is 15.0. The van der Waals surface area contributed by atoms with Crippen LogP contribution < -0.4 is 10.2 Å². The number of hydrogen-bond donors (Lipinski definition) is 1. The molecule has 0 radical (unpaired) electrons. The number of aromatic nitrogens is 1. The van der Waals surface area contributed by atoms with Gasteiger partial charge in [0, 0.05) is 47.3 Å². The summed E-state index contributed by atoms with van der Waals surface area (Å²) in [5.41, 5.74) is 3.42. The van der Waals surface area contributed by atoms with Crippen LogP contribution in [0.1, 0.15) is 17.8 Å². The molecule has 3 aromatic rings. The van der Waals surface area contributed by atoms with Gasteiger partial charge in [-0.05, 0) is 41.8 Å². The molecule has 0 spiro atoms. The van der Waals surface area contributed by atoms with Crippen LogP contribution in [-0.4, -0.2) is 37.2 Å². The third-order valence-electron chi connectivity index (χ3n) is 4.31. The number of thiophene rings is 1. The molecule has 0 unspecified atom stereocenters. The highest BCUT2D eigenvalue weighted by atomic mass is 32.1. The largest absolute Gasteiger partial charge is 0.378 e. The first-order valence-electron chi connectivity index (χ1n) is 8.53. The summed E-state index contributed by atoms with van der Waals surface area (Å²) in [4.78, 5) is 20.1. The first-order valence-corrected chi connectivity index (χ1v) is 9.40. The zero-order chi connectivity index (χ0) is 17.8. The van der Waals surface area contributed by atoms with Crippen LogP contribution in [0.4, 0.5) is 11.4 Å². The smallest absolute Gasteiger partial charge is 0.257 e. The molecule has 27 heavy (non-hydrogen) atoms. The second-order valence-corrected chi connectivity index (χ2v) is 6.99. The molecule has 4 rings (SSSR count). The number of carbonyl (C=O) groups is 1. The van der Waals surface area contributed by atoms with E-state index in [0.29, 0.717) is 5.56 Å². The van der Waals surface area contributed by atoms with E-state index in [2.05, 4.69) is 15.2 Å². The van der Waals surface area contributed by atoms with Gasteiger partial charge in [-0.25, -0.2) is 0 Å². The van der Waals surface area contributed by atoms with Gasteiger partial charge in [-0.3, -0.25) is 9.78 Å². The number of morpholine rings is 1. The molecule has 1 N–H and O–H groups in total. The van der Waals surface area contributed by atoms with Crippen LogP contribution in [0.25, 0.3) is 10.4 Å². The highest BCUT2D eigenvalue weighted by Gasteiger charge is 2.12. The number of ether oxygens (including phenoxy) is 1. The topological polar surface area (TPSA) is 54.5 Å². The van der Waals surface area contributed by atoms with Crippen molar-refractivity contribution in [3.05, 3.63) is 65.8 Å². The normalized spacial score (nSPS) is 13.7. The SMILES string of the molecule is C.O=C(Nc1ccc(N2CCOCC2)cc1)c1cncc(-c2cccs2)c1. The summed E-state index contributed by atoms with van der Waals surface area (Å²) in [5, 5.41) is 4.95. The van der Waals surface area contributed by atoms with Gasteiger partial charge in [0.05, 0.1) is 18.8 Å². The van der Waals surface area contributed by atoms with Gasteiger partial charge in [0.1, 0.15) is 0 Å². The number of amides is 1. The summed E-state index contributed by atoms with van der Waals surface area (Å²) in [6, 6.07) is 13.8. The Balaban J connectivity index is 0.00000210. The van der Waals surface area contributed by atoms with Crippen LogP contribution >= 0.6 is 11.3 Å². The first-order chi connectivity index (χ1) is 12.8. The minimum absolute atomic E-state index is 0. The molecule has 1 saturated heterocycles. The second-order valence-electron chi connectivity index (χ2n) is 6.04. The van der Waals surface area contributed by atoms with E-state index in [4.69, 9.17) is 4.74 Å². The lowest BCUT2D eigenvalue weighted by Crippen LogP contribution is -2.36. The minimum Gasteiger partial charge on any atom is -0.378 e. The third-order valence-corrected chi connectivity index (χ3v) is 5.23. The van der Waals surface area contributed by atoms with Crippen molar-refractivity contribution in [2.75, 3.05) is 36.5 Å². The summed E-state index contributed by atoms with van der Waals surface area (Å²) < 4.78 is 5.38. The Labute approximate surface area is 163 Å². The first kappa shape index (κ1) is 19.1. The fourth-order valence-electron chi connectivity index (χ4n) is 2.92. The molecular weight excluding hydrogens is 358 g/mol. The van der Waals surface area contributed by atoms with E-state index < -0.39 is 0 Å². The van der Waals surface area contributed by atoms with Gasteiger partial charge in [-0.1, -0.05) is 13.5 Å². The predicted molar refractivity (Wildman–Crippen MR) is 112 cm³/mol. The summed E-state index contributed by atoms with van der Waals surface area (Å²) in [5.74, 6) is -0.157. The molecule has 2 aromatic heterocycles. The lowest BCUT2D eigenvalue weighted by molar-refractivity contribution is 0.102. The van der Waals surface area contributed by atoms with Gasteiger partial charge in [-0.2, -0.15) is 0 Å². The van der Waals surface area contributed by atoms with Crippen LogP contribution in [0.5, 0.6) is 0 Å². The van der Waals surface area contributed by atoms with Crippen molar-refractivity contribution in [3.63, 3.8) is 0 Å². The Kier molecular flexibility index (Phi) is 6.21. The van der Waals surface area contributed by atoms with Crippen LogP contribution in [0.2, 0.25) is 0 Å². The molecule has 1 aliphatic rings. The van der Waals surface area contributed by atoms with Crippen molar-refractivity contribution >= 4 is 28.6 Å². The van der Waals surface area contributed by atoms with Gasteiger partial charge in [0.2, 0.25) is 0 Å². The van der Waals surface area contributed by atoms with E-state index >= 15 is 0 Å². The number of nitrogens with zero attached hydrogens (tertiary/aromatic N) is 2. The number of nitrogens with one attached hydrogen (secondary N) is 1. The summed E-state index contributed by atoms with van der Waals surface area (Å²) in [6.45, 7) is 3.30. The molecule has 1 amide bonds. The van der Waals surface area contributed by atoms with Crippen LogP contribution in [-0.2, 0) is 4.74 Å². The number of carbonyl (C=O) groups excluding carboxylic acids is 1. The summed E-state index contributed by atoms with van der Waals surface area (Å²) in [6.07, 6.45) is 3.37. The maximum atomic E-state index is 12.5. The van der Waals surface area contributed by atoms with E-state index in [1.54, 1.807) is 23.7 Å². The molecule has 6 heteroatoms. The molecule has 1 aromatic carbocycles. The molecule has 5 nitrogen and oxygen atoms in total. The third kappa shape index (κ3) is 4.53. The van der Waals surface area contributed by atoms with E-state index in [-0.39, 0.29) is 13.3 Å². The van der Waals surface area contributed by atoms with Gasteiger partial charge >= 0.3 is 0 Å². The van der Waals surface area contributed by atoms with Crippen molar-refractivity contribution in [2.45, 2.75) is 7.43 Å². The van der Waals surface area contributed by atoms with E-state index in [1.165, 1.54) is 0 Å². The lowest BCUT2D eigenvalue weighted by Gasteiger charge is -2.28. The van der Waals surface area contributed by atoms with Gasteiger partial charge in [0.25, 0.3) is 5.91 Å². The number of rotatable bonds is 4. The molecule has 3 heterocycles. The Morgan fingerprint density at radius 2 is 1.89 bits per heavy atom. The average molecular weight is 382 g/mol. The molecule has 0 saturated carbocycles. The highest BCUT2D eigenvalue weighted by Crippen LogP contribution is 2.25. The molecule has 0 aliphatic carbocycles. The fraction of sp³-hybridized carbons (Fsp3) is 0.238. The molecule has 0 atom stereocenters. The Morgan fingerprint density at radius 3 is 2.59 bits per heavy atom. The maximum absolute atomic E-state index is 12.5. The van der Waals surface area contributed by atoms with E-state index in [0.717, 1.165) is 48.1 Å². The average Bonchev–Trinajstić information content (AvgIpc) is 3.24. The number of anilines is 2. The van der Waals surface area contributed by atoms with Crippen LogP contribution in [0.15, 0.2) is 60.2 Å². The fourth-order valence-corrected chi connectivity index (χ4v) is 3.63. The molecule has 1 fully saturated rings. The number of benzene rings is 1. The van der Waals surface area contributed by atoms with Crippen molar-refractivity contribution in [2.24, 2.45) is 0 Å². The number of pyridine rings is 1. The van der Waals surface area contributed by atoms with Crippen LogP contribution in [0, 0.1) is 0 Å². The predicted octanol–water partition coefficient (Wildman–Crippen LogP) is 4.54. The maximum Gasteiger partial charge on any atom is 0.257 e. The van der Waals surface area contributed by atoms with Crippen molar-refractivity contribution in [3.8, 4) is 10.4 Å². The molecule has 1 aliphatic heterocycles. The van der Waals surface area contributed by atoms with Gasteiger partial charge < -0.3 is 15.0 Å². The van der Waals surface area contributed by atoms with Crippen LogP contribution in [0.3, 0.4) is 0 Å². The van der Waals surface area contributed by atoms with Gasteiger partial charge in [-0.15, -0.1) is 11.3 Å². The second kappa shape index (κ2) is 8.79. The zero-order valence-electron chi connectivity index (χ0n) is 14.2. The Morgan fingerprint density at radius 1 is 1.11 bits per heavy atom. The van der Waals surface area contributed by atoms with Crippen molar-refractivity contribution in [1.29, 1.82) is 0 Å². The van der Waals surface area contributed by atoms with Crippen molar-refractivity contribution < 1.29 is 9.53 Å². The van der Waals surface area contributed by atoms with Crippen molar-refractivity contribution in [1.82, 2.24) is 4.98 Å². The quantitative estimate of drug-likeness (QED) is 0.721. The summed E-state index contributed by atoms with van der Waals surface area (Å²) in [7, 11) is 0. The van der Waals surface area contributed by atoms with E-state index in [9.17, 15) is 4.79 Å². The van der Waals surface area contributed by atoms with E-state index in [1.807, 2.05) is 47.8 Å². The summed E-state index contributed by atoms with van der Waals surface area (Å²) >= 11 is 1.63. The minimum atomic E-state index is -0.157. The lowest BCUT2D eigenvalue weighted by atomic mass is 10.1. The highest BCUT2D eigenvalue weighted by molar-refractivity contribution is 7.13. The number of hydrogen-bond acceptors (Lipinski definition) is 5. The Bertz CT molecular complexity index is 873. The Hall–Kier alpha value is -2.70. The molecule has 140 valence electrons. The van der Waals surface area contributed by atoms with Gasteiger partial charge in [0.15, 0.2) is 0 Å². The monoisotopic (exact) mass is 381 g/mol. The molecular formula is C21H23N3O2S.